The summed E-state index contributed by atoms with van der Waals surface area (Å²) in [5.41, 5.74) is 11.5. The van der Waals surface area contributed by atoms with Crippen molar-refractivity contribution in [3.8, 4) is 16.9 Å². The first-order valence-electron chi connectivity index (χ1n) is 12.3. The molecule has 1 N–H and O–H groups in total. The average Bonchev–Trinajstić information content (AvgIpc) is 2.95. The number of carbonyl (C=O) groups excluding carboxylic acids is 3. The number of likely N-dealkylation sites (N-methyl/N-ethyl adjacent to an activating group) is 1. The van der Waals surface area contributed by atoms with Gasteiger partial charge in [0.25, 0.3) is 0 Å². The Balaban J connectivity index is 0.000000387. The molecule has 9 heteroatoms. The van der Waals surface area contributed by atoms with E-state index in [1.165, 1.54) is 30.2 Å². The SMILES string of the molecule is COC(=O)CCC(C(=O)OCc1ccccc1)N(C)C=O.Cc1cccc(-c2cccc(OCC[NH-])c2)c1.[V]. The first kappa shape index (κ1) is 33.4. The molecule has 0 aliphatic rings. The minimum atomic E-state index is -0.801. The molecule has 0 spiro atoms. The van der Waals surface area contributed by atoms with Crippen LogP contribution in [0.3, 0.4) is 0 Å². The van der Waals surface area contributed by atoms with Crippen molar-refractivity contribution >= 4 is 18.3 Å². The van der Waals surface area contributed by atoms with Crippen LogP contribution in [0.25, 0.3) is 16.9 Å². The summed E-state index contributed by atoms with van der Waals surface area (Å²) in [5.74, 6) is -0.149. The van der Waals surface area contributed by atoms with Crippen molar-refractivity contribution < 1.29 is 47.1 Å². The van der Waals surface area contributed by atoms with Gasteiger partial charge in [-0.2, -0.15) is 0 Å². The number of methoxy groups -OCH3 is 1. The molecule has 0 aliphatic carbocycles. The summed E-state index contributed by atoms with van der Waals surface area (Å²) in [7, 11) is 2.74. The number of aryl methyl sites for hydroxylation is 1. The Hall–Kier alpha value is -3.59. The molecule has 0 fully saturated rings. The van der Waals surface area contributed by atoms with Crippen LogP contribution in [0.5, 0.6) is 5.75 Å². The average molecular weight is 571 g/mol. The molecule has 1 amide bonds. The molecule has 0 aromatic heterocycles. The van der Waals surface area contributed by atoms with Crippen LogP contribution in [0.4, 0.5) is 0 Å². The van der Waals surface area contributed by atoms with Gasteiger partial charge in [0.2, 0.25) is 6.41 Å². The Morgan fingerprint density at radius 3 is 2.26 bits per heavy atom. The molecule has 0 saturated carbocycles. The Morgan fingerprint density at radius 1 is 0.974 bits per heavy atom. The first-order valence-corrected chi connectivity index (χ1v) is 12.3. The van der Waals surface area contributed by atoms with Crippen molar-refractivity contribution in [2.45, 2.75) is 32.4 Å². The van der Waals surface area contributed by atoms with Gasteiger partial charge in [0.15, 0.2) is 0 Å². The molecule has 39 heavy (non-hydrogen) atoms. The summed E-state index contributed by atoms with van der Waals surface area (Å²) in [6.07, 6.45) is 0.737. The summed E-state index contributed by atoms with van der Waals surface area (Å²) >= 11 is 0. The van der Waals surface area contributed by atoms with Crippen molar-refractivity contribution in [2.75, 3.05) is 27.3 Å². The molecular formula is C30H35N2O6V-. The second-order valence-corrected chi connectivity index (χ2v) is 8.49. The third kappa shape index (κ3) is 12.2. The van der Waals surface area contributed by atoms with Crippen LogP contribution in [0.15, 0.2) is 78.9 Å². The fraction of sp³-hybridized carbons (Fsp3) is 0.300. The molecule has 8 nitrogen and oxygen atoms in total. The summed E-state index contributed by atoms with van der Waals surface area (Å²) in [5, 5.41) is 0. The van der Waals surface area contributed by atoms with Crippen molar-refractivity contribution in [3.63, 3.8) is 0 Å². The fourth-order valence-electron chi connectivity index (χ4n) is 3.50. The zero-order valence-corrected chi connectivity index (χ0v) is 23.9. The number of benzene rings is 3. The van der Waals surface area contributed by atoms with Gasteiger partial charge in [-0.25, -0.2) is 4.79 Å². The quantitative estimate of drug-likeness (QED) is 0.218. The van der Waals surface area contributed by atoms with E-state index in [4.69, 9.17) is 15.2 Å². The van der Waals surface area contributed by atoms with E-state index in [2.05, 4.69) is 42.0 Å². The van der Waals surface area contributed by atoms with Gasteiger partial charge in [-0.1, -0.05) is 72.3 Å². The van der Waals surface area contributed by atoms with E-state index in [0.717, 1.165) is 16.9 Å². The molecular weight excluding hydrogens is 535 g/mol. The maximum Gasteiger partial charge on any atom is 0.329 e. The van der Waals surface area contributed by atoms with Crippen molar-refractivity contribution in [3.05, 3.63) is 95.7 Å². The number of esters is 2. The zero-order valence-electron chi connectivity index (χ0n) is 22.5. The van der Waals surface area contributed by atoms with Gasteiger partial charge < -0.3 is 24.8 Å². The number of rotatable bonds is 12. The van der Waals surface area contributed by atoms with E-state index in [9.17, 15) is 14.4 Å². The van der Waals surface area contributed by atoms with Crippen molar-refractivity contribution in [1.82, 2.24) is 4.90 Å². The van der Waals surface area contributed by atoms with E-state index in [0.29, 0.717) is 13.0 Å². The van der Waals surface area contributed by atoms with Crippen LogP contribution in [-0.2, 0) is 49.0 Å². The van der Waals surface area contributed by atoms with Crippen LogP contribution in [0.2, 0.25) is 0 Å². The van der Waals surface area contributed by atoms with Crippen molar-refractivity contribution in [2.24, 2.45) is 0 Å². The van der Waals surface area contributed by atoms with Crippen LogP contribution in [0, 0.1) is 6.92 Å². The smallest absolute Gasteiger partial charge is 0.329 e. The minimum absolute atomic E-state index is 0. The number of ether oxygens (including phenoxy) is 3. The second kappa shape index (κ2) is 18.6. The molecule has 0 bridgehead atoms. The van der Waals surface area contributed by atoms with Gasteiger partial charge >= 0.3 is 11.9 Å². The number of hydrogen-bond donors (Lipinski definition) is 0. The van der Waals surface area contributed by atoms with Gasteiger partial charge in [0.1, 0.15) is 18.4 Å². The van der Waals surface area contributed by atoms with Crippen LogP contribution in [-0.4, -0.2) is 56.6 Å². The van der Waals surface area contributed by atoms with Gasteiger partial charge in [0.05, 0.1) is 13.7 Å². The Kier molecular flexibility index (Phi) is 16.0. The topological polar surface area (TPSA) is 106 Å². The summed E-state index contributed by atoms with van der Waals surface area (Å²) < 4.78 is 15.2. The first-order chi connectivity index (χ1) is 18.4. The molecule has 1 radical (unpaired) electrons. The van der Waals surface area contributed by atoms with Crippen molar-refractivity contribution in [1.29, 1.82) is 0 Å². The Bertz CT molecular complexity index is 1160. The predicted octanol–water partition coefficient (Wildman–Crippen LogP) is 5.23. The Labute approximate surface area is 242 Å². The minimum Gasteiger partial charge on any atom is -0.675 e. The van der Waals surface area contributed by atoms with E-state index >= 15 is 0 Å². The maximum absolute atomic E-state index is 12.0. The normalized spacial score (nSPS) is 10.6. The largest absolute Gasteiger partial charge is 0.675 e. The number of amides is 1. The summed E-state index contributed by atoms with van der Waals surface area (Å²) in [6.45, 7) is 2.94. The molecule has 1 atom stereocenters. The van der Waals surface area contributed by atoms with E-state index in [1.54, 1.807) is 0 Å². The number of nitrogens with one attached hydrogen (secondary N) is 1. The fourth-order valence-corrected chi connectivity index (χ4v) is 3.50. The molecule has 207 valence electrons. The third-order valence-electron chi connectivity index (χ3n) is 5.56. The standard InChI is InChI=1S/C15H19NO5.C15H16NO.V/c1-16(11-17)13(8-9-14(18)20-2)15(19)21-10-12-6-4-3-5-7-12;1-12-4-2-5-13(10-12)14-6-3-7-15(11-14)17-9-8-16;/h3-7,11,13H,8-10H2,1-2H3;2-7,10-11,16H,8-9H2,1H3;/q;-1;. The van der Waals surface area contributed by atoms with Gasteiger partial charge in [0, 0.05) is 32.0 Å². The molecule has 0 aliphatic heterocycles. The molecule has 1 unspecified atom stereocenters. The van der Waals surface area contributed by atoms with E-state index < -0.39 is 18.0 Å². The Morgan fingerprint density at radius 2 is 1.64 bits per heavy atom. The van der Waals surface area contributed by atoms with E-state index in [-0.39, 0.29) is 44.5 Å². The number of nitrogens with zero attached hydrogens (tertiary/aromatic N) is 1. The molecule has 3 aromatic carbocycles. The third-order valence-corrected chi connectivity index (χ3v) is 5.56. The molecule has 3 aromatic rings. The monoisotopic (exact) mass is 570 g/mol. The van der Waals surface area contributed by atoms with Gasteiger partial charge in [-0.15, -0.1) is 6.54 Å². The van der Waals surface area contributed by atoms with Crippen LogP contribution >= 0.6 is 0 Å². The number of carbonyl (C=O) groups is 3. The number of hydrogen-bond acceptors (Lipinski definition) is 6. The predicted molar refractivity (Wildman–Crippen MR) is 146 cm³/mol. The summed E-state index contributed by atoms with van der Waals surface area (Å²) in [4.78, 5) is 35.2. The molecule has 3 rings (SSSR count). The summed E-state index contributed by atoms with van der Waals surface area (Å²) in [6, 6.07) is 24.8. The molecule has 0 saturated heterocycles. The molecule has 0 heterocycles. The van der Waals surface area contributed by atoms with Crippen LogP contribution in [0.1, 0.15) is 24.0 Å². The second-order valence-electron chi connectivity index (χ2n) is 8.49. The van der Waals surface area contributed by atoms with Crippen LogP contribution < -0.4 is 4.74 Å². The van der Waals surface area contributed by atoms with Gasteiger partial charge in [-0.05, 0) is 42.2 Å². The van der Waals surface area contributed by atoms with E-state index in [1.807, 2.05) is 48.5 Å². The zero-order chi connectivity index (χ0) is 27.8. The van der Waals surface area contributed by atoms with Gasteiger partial charge in [-0.3, -0.25) is 9.59 Å². The maximum atomic E-state index is 12.0.